The van der Waals surface area contributed by atoms with Crippen molar-refractivity contribution in [2.24, 2.45) is 0 Å². The molecule has 0 aliphatic heterocycles. The summed E-state index contributed by atoms with van der Waals surface area (Å²) in [4.78, 5) is 9.00. The molecule has 0 spiro atoms. The summed E-state index contributed by atoms with van der Waals surface area (Å²) >= 11 is 0. The second-order valence-electron chi connectivity index (χ2n) is 5.48. The lowest BCUT2D eigenvalue weighted by Gasteiger charge is -2.13. The van der Waals surface area contributed by atoms with Crippen molar-refractivity contribution in [3.63, 3.8) is 0 Å². The molecule has 0 amide bonds. The molecule has 122 valence electrons. The lowest BCUT2D eigenvalue weighted by molar-refractivity contribution is 0.417. The van der Waals surface area contributed by atoms with Crippen molar-refractivity contribution in [1.29, 1.82) is 0 Å². The number of hydrogen-bond donors (Lipinski definition) is 2. The molecule has 1 heterocycles. The van der Waals surface area contributed by atoms with E-state index in [2.05, 4.69) is 33.6 Å². The van der Waals surface area contributed by atoms with Crippen LogP contribution in [0.2, 0.25) is 0 Å². The lowest BCUT2D eigenvalue weighted by Crippen LogP contribution is -2.03. The number of rotatable bonds is 5. The Balaban J connectivity index is 1.88. The number of aryl methyl sites for hydroxylation is 2. The third kappa shape index (κ3) is 3.63. The fourth-order valence-electron chi connectivity index (χ4n) is 2.41. The Hall–Kier alpha value is -3.08. The van der Waals surface area contributed by atoms with Gasteiger partial charge in [-0.1, -0.05) is 30.3 Å². The van der Waals surface area contributed by atoms with Crippen molar-refractivity contribution in [1.82, 2.24) is 9.97 Å². The number of hydrogen-bond acceptors (Lipinski definition) is 5. The molecule has 0 bridgehead atoms. The monoisotopic (exact) mass is 320 g/mol. The maximum absolute atomic E-state index is 5.36. The molecule has 0 radical (unpaired) electrons. The Morgan fingerprint density at radius 3 is 2.29 bits per heavy atom. The van der Waals surface area contributed by atoms with Gasteiger partial charge in [-0.3, -0.25) is 0 Å². The molecule has 0 atom stereocenters. The molecule has 3 rings (SSSR count). The van der Waals surface area contributed by atoms with Gasteiger partial charge in [-0.2, -0.15) is 4.98 Å². The molecule has 0 aliphatic rings. The minimum atomic E-state index is 0.524. The van der Waals surface area contributed by atoms with Gasteiger partial charge in [0.2, 0.25) is 5.95 Å². The molecule has 0 aliphatic carbocycles. The topological polar surface area (TPSA) is 59.1 Å². The predicted molar refractivity (Wildman–Crippen MR) is 97.5 cm³/mol. The number of ether oxygens (including phenoxy) is 1. The van der Waals surface area contributed by atoms with Crippen LogP contribution in [0.5, 0.6) is 5.75 Å². The van der Waals surface area contributed by atoms with Gasteiger partial charge in [0.25, 0.3) is 0 Å². The zero-order chi connectivity index (χ0) is 16.9. The van der Waals surface area contributed by atoms with Gasteiger partial charge >= 0.3 is 0 Å². The molecule has 0 unspecified atom stereocenters. The average molecular weight is 320 g/mol. The number of nitrogens with zero attached hydrogens (tertiary/aromatic N) is 2. The summed E-state index contributed by atoms with van der Waals surface area (Å²) in [7, 11) is 1.64. The molecule has 24 heavy (non-hydrogen) atoms. The first-order valence-electron chi connectivity index (χ1n) is 7.74. The van der Waals surface area contributed by atoms with Gasteiger partial charge in [0.15, 0.2) is 0 Å². The van der Waals surface area contributed by atoms with Crippen molar-refractivity contribution in [2.75, 3.05) is 17.7 Å². The van der Waals surface area contributed by atoms with E-state index in [1.807, 2.05) is 55.5 Å². The number of methoxy groups -OCH3 is 1. The number of para-hydroxylation sites is 3. The molecule has 1 aromatic heterocycles. The summed E-state index contributed by atoms with van der Waals surface area (Å²) in [5, 5.41) is 6.56. The first-order chi connectivity index (χ1) is 11.7. The van der Waals surface area contributed by atoms with E-state index in [1.165, 1.54) is 0 Å². The first-order valence-corrected chi connectivity index (χ1v) is 7.74. The van der Waals surface area contributed by atoms with Crippen molar-refractivity contribution in [3.8, 4) is 5.75 Å². The van der Waals surface area contributed by atoms with E-state index >= 15 is 0 Å². The first kappa shape index (κ1) is 15.8. The van der Waals surface area contributed by atoms with E-state index in [9.17, 15) is 0 Å². The van der Waals surface area contributed by atoms with Crippen molar-refractivity contribution < 1.29 is 4.74 Å². The third-order valence-corrected chi connectivity index (χ3v) is 3.62. The summed E-state index contributed by atoms with van der Waals surface area (Å²) in [6.45, 7) is 4.00. The van der Waals surface area contributed by atoms with Crippen LogP contribution in [0.1, 0.15) is 11.3 Å². The van der Waals surface area contributed by atoms with Crippen LogP contribution >= 0.6 is 0 Å². The Bertz CT molecular complexity index is 848. The summed E-state index contributed by atoms with van der Waals surface area (Å²) in [5.74, 6) is 2.01. The van der Waals surface area contributed by atoms with Crippen molar-refractivity contribution in [3.05, 3.63) is 65.9 Å². The van der Waals surface area contributed by atoms with Crippen LogP contribution in [-0.2, 0) is 0 Å². The highest BCUT2D eigenvalue weighted by Gasteiger charge is 2.07. The second kappa shape index (κ2) is 7.00. The van der Waals surface area contributed by atoms with Crippen molar-refractivity contribution in [2.45, 2.75) is 13.8 Å². The molecular formula is C19H20N4O. The molecule has 5 nitrogen and oxygen atoms in total. The molecule has 5 heteroatoms. The Labute approximate surface area is 141 Å². The summed E-state index contributed by atoms with van der Waals surface area (Å²) < 4.78 is 5.36. The highest BCUT2D eigenvalue weighted by Crippen LogP contribution is 2.27. The Kier molecular flexibility index (Phi) is 4.61. The van der Waals surface area contributed by atoms with Gasteiger partial charge in [0.05, 0.1) is 12.8 Å². The summed E-state index contributed by atoms with van der Waals surface area (Å²) in [6.07, 6.45) is 0. The van der Waals surface area contributed by atoms with Gasteiger partial charge in [0.1, 0.15) is 11.6 Å². The molecule has 0 saturated carbocycles. The average Bonchev–Trinajstić information content (AvgIpc) is 2.57. The molecular weight excluding hydrogens is 300 g/mol. The van der Waals surface area contributed by atoms with Crippen LogP contribution in [-0.4, -0.2) is 17.1 Å². The maximum Gasteiger partial charge on any atom is 0.229 e. The van der Waals surface area contributed by atoms with Gasteiger partial charge in [-0.05, 0) is 37.6 Å². The normalized spacial score (nSPS) is 10.3. The largest absolute Gasteiger partial charge is 0.495 e. The van der Waals surface area contributed by atoms with Gasteiger partial charge < -0.3 is 15.4 Å². The smallest absolute Gasteiger partial charge is 0.229 e. The van der Waals surface area contributed by atoms with Crippen LogP contribution < -0.4 is 15.4 Å². The minimum Gasteiger partial charge on any atom is -0.495 e. The fourth-order valence-corrected chi connectivity index (χ4v) is 2.41. The van der Waals surface area contributed by atoms with Gasteiger partial charge in [-0.25, -0.2) is 4.98 Å². The van der Waals surface area contributed by atoms with Crippen molar-refractivity contribution >= 4 is 23.1 Å². The SMILES string of the molecule is COc1ccccc1Nc1nc(C)cc(Nc2ccccc2C)n1. The standard InChI is InChI=1S/C19H20N4O/c1-13-8-4-5-9-15(13)21-18-12-14(2)20-19(23-18)22-16-10-6-7-11-17(16)24-3/h4-12H,1-3H3,(H2,20,21,22,23). The maximum atomic E-state index is 5.36. The van der Waals surface area contributed by atoms with Crippen LogP contribution in [0.15, 0.2) is 54.6 Å². The van der Waals surface area contributed by atoms with Crippen LogP contribution in [0, 0.1) is 13.8 Å². The van der Waals surface area contributed by atoms with Crippen LogP contribution in [0.3, 0.4) is 0 Å². The van der Waals surface area contributed by atoms with Crippen LogP contribution in [0.4, 0.5) is 23.1 Å². The number of aromatic nitrogens is 2. The third-order valence-electron chi connectivity index (χ3n) is 3.62. The van der Waals surface area contributed by atoms with E-state index in [-0.39, 0.29) is 0 Å². The zero-order valence-corrected chi connectivity index (χ0v) is 14.0. The zero-order valence-electron chi connectivity index (χ0n) is 14.0. The van der Waals surface area contributed by atoms with Gasteiger partial charge in [0, 0.05) is 17.4 Å². The molecule has 2 N–H and O–H groups in total. The van der Waals surface area contributed by atoms with Crippen LogP contribution in [0.25, 0.3) is 0 Å². The Morgan fingerprint density at radius 1 is 0.833 bits per heavy atom. The number of anilines is 4. The molecule has 0 fully saturated rings. The van der Waals surface area contributed by atoms with E-state index in [1.54, 1.807) is 7.11 Å². The van der Waals surface area contributed by atoms with E-state index in [0.717, 1.165) is 34.2 Å². The second-order valence-corrected chi connectivity index (χ2v) is 5.48. The molecule has 0 saturated heterocycles. The Morgan fingerprint density at radius 2 is 1.54 bits per heavy atom. The highest BCUT2D eigenvalue weighted by atomic mass is 16.5. The molecule has 2 aromatic carbocycles. The highest BCUT2D eigenvalue weighted by molar-refractivity contribution is 5.65. The summed E-state index contributed by atoms with van der Waals surface area (Å²) in [6, 6.07) is 17.7. The molecule has 3 aromatic rings. The number of nitrogens with one attached hydrogen (secondary N) is 2. The quantitative estimate of drug-likeness (QED) is 0.720. The van der Waals surface area contributed by atoms with Gasteiger partial charge in [-0.15, -0.1) is 0 Å². The summed E-state index contributed by atoms with van der Waals surface area (Å²) in [5.41, 5.74) is 3.89. The number of benzene rings is 2. The fraction of sp³-hybridized carbons (Fsp3) is 0.158. The van der Waals surface area contributed by atoms with E-state index < -0.39 is 0 Å². The lowest BCUT2D eigenvalue weighted by atomic mass is 10.2. The minimum absolute atomic E-state index is 0.524. The predicted octanol–water partition coefficient (Wildman–Crippen LogP) is 4.59. The van der Waals surface area contributed by atoms with E-state index in [0.29, 0.717) is 5.95 Å². The van der Waals surface area contributed by atoms with E-state index in [4.69, 9.17) is 4.74 Å².